The van der Waals surface area contributed by atoms with Crippen molar-refractivity contribution in [2.24, 2.45) is 0 Å². The summed E-state index contributed by atoms with van der Waals surface area (Å²) in [5.74, 6) is -12.6. The van der Waals surface area contributed by atoms with Gasteiger partial charge < -0.3 is 4.42 Å². The summed E-state index contributed by atoms with van der Waals surface area (Å²) in [4.78, 5) is 15.5. The van der Waals surface area contributed by atoms with Gasteiger partial charge in [-0.2, -0.15) is 0 Å². The molecule has 128 valence electrons. The first kappa shape index (κ1) is 16.8. The van der Waals surface area contributed by atoms with E-state index in [1.165, 1.54) is 0 Å². The van der Waals surface area contributed by atoms with Crippen LogP contribution >= 0.6 is 0 Å². The van der Waals surface area contributed by atoms with Crippen LogP contribution in [-0.2, 0) is 0 Å². The standard InChI is InChI=1S/C17H8F5NO2/c1-7(24)16-15(8-5-3-2-4-6-8)23-17(25-16)9-10(18)12(20)14(22)13(21)11(9)19/h2-6H,1H3. The lowest BCUT2D eigenvalue weighted by Crippen LogP contribution is -2.04. The van der Waals surface area contributed by atoms with Crippen molar-refractivity contribution in [1.29, 1.82) is 0 Å². The number of nitrogens with zero attached hydrogens (tertiary/aromatic N) is 1. The Bertz CT molecular complexity index is 953. The van der Waals surface area contributed by atoms with Gasteiger partial charge in [-0.15, -0.1) is 0 Å². The number of rotatable bonds is 3. The normalized spacial score (nSPS) is 11.0. The maximum Gasteiger partial charge on any atom is 0.233 e. The molecular weight excluding hydrogens is 345 g/mol. The first-order chi connectivity index (χ1) is 11.8. The van der Waals surface area contributed by atoms with Crippen molar-refractivity contribution < 1.29 is 31.2 Å². The van der Waals surface area contributed by atoms with Crippen molar-refractivity contribution in [1.82, 2.24) is 4.98 Å². The summed E-state index contributed by atoms with van der Waals surface area (Å²) < 4.78 is 72.8. The van der Waals surface area contributed by atoms with E-state index in [0.717, 1.165) is 6.92 Å². The summed E-state index contributed by atoms with van der Waals surface area (Å²) in [5, 5.41) is 0. The zero-order valence-electron chi connectivity index (χ0n) is 12.5. The van der Waals surface area contributed by atoms with Crippen LogP contribution < -0.4 is 0 Å². The molecule has 25 heavy (non-hydrogen) atoms. The number of halogens is 5. The number of hydrogen-bond acceptors (Lipinski definition) is 3. The summed E-state index contributed by atoms with van der Waals surface area (Å²) in [5.41, 5.74) is -1.01. The second kappa shape index (κ2) is 6.12. The first-order valence-corrected chi connectivity index (χ1v) is 6.92. The zero-order chi connectivity index (χ0) is 18.3. The van der Waals surface area contributed by atoms with Gasteiger partial charge in [-0.1, -0.05) is 30.3 Å². The minimum absolute atomic E-state index is 0.0629. The van der Waals surface area contributed by atoms with Crippen molar-refractivity contribution in [2.45, 2.75) is 6.92 Å². The highest BCUT2D eigenvalue weighted by Crippen LogP contribution is 2.34. The van der Waals surface area contributed by atoms with Crippen LogP contribution in [0.4, 0.5) is 22.0 Å². The van der Waals surface area contributed by atoms with E-state index in [0.29, 0.717) is 5.56 Å². The number of carbonyl (C=O) groups is 1. The molecule has 0 aliphatic heterocycles. The van der Waals surface area contributed by atoms with Gasteiger partial charge in [0.05, 0.1) is 0 Å². The SMILES string of the molecule is CC(=O)c1oc(-c2c(F)c(F)c(F)c(F)c2F)nc1-c1ccccc1. The van der Waals surface area contributed by atoms with Gasteiger partial charge >= 0.3 is 0 Å². The number of ketones is 1. The van der Waals surface area contributed by atoms with E-state index < -0.39 is 46.3 Å². The maximum absolute atomic E-state index is 13.9. The molecule has 0 atom stereocenters. The quantitative estimate of drug-likeness (QED) is 0.291. The second-order valence-corrected chi connectivity index (χ2v) is 5.06. The fourth-order valence-electron chi connectivity index (χ4n) is 2.25. The highest BCUT2D eigenvalue weighted by atomic mass is 19.2. The average molecular weight is 353 g/mol. The minimum atomic E-state index is -2.29. The topological polar surface area (TPSA) is 43.1 Å². The Hall–Kier alpha value is -3.03. The highest BCUT2D eigenvalue weighted by molar-refractivity contribution is 5.97. The third kappa shape index (κ3) is 2.69. The molecule has 8 heteroatoms. The monoisotopic (exact) mass is 353 g/mol. The van der Waals surface area contributed by atoms with E-state index in [2.05, 4.69) is 4.98 Å². The molecule has 0 saturated carbocycles. The van der Waals surface area contributed by atoms with Crippen molar-refractivity contribution in [3.05, 3.63) is 65.2 Å². The van der Waals surface area contributed by atoms with Crippen LogP contribution in [0.15, 0.2) is 34.7 Å². The number of benzene rings is 2. The molecule has 0 aliphatic rings. The lowest BCUT2D eigenvalue weighted by Gasteiger charge is -2.04. The third-order valence-corrected chi connectivity index (χ3v) is 3.42. The van der Waals surface area contributed by atoms with Gasteiger partial charge in [0, 0.05) is 12.5 Å². The van der Waals surface area contributed by atoms with Gasteiger partial charge in [0.2, 0.25) is 11.7 Å². The predicted molar refractivity (Wildman–Crippen MR) is 77.2 cm³/mol. The van der Waals surface area contributed by atoms with Gasteiger partial charge in [-0.25, -0.2) is 26.9 Å². The molecule has 3 nitrogen and oxygen atoms in total. The third-order valence-electron chi connectivity index (χ3n) is 3.42. The van der Waals surface area contributed by atoms with Crippen LogP contribution in [0.5, 0.6) is 0 Å². The molecule has 0 bridgehead atoms. The fourth-order valence-corrected chi connectivity index (χ4v) is 2.25. The van der Waals surface area contributed by atoms with Crippen LogP contribution in [-0.4, -0.2) is 10.8 Å². The second-order valence-electron chi connectivity index (χ2n) is 5.06. The Morgan fingerprint density at radius 3 is 1.92 bits per heavy atom. The summed E-state index contributed by atoms with van der Waals surface area (Å²) in [6.07, 6.45) is 0. The Morgan fingerprint density at radius 2 is 1.40 bits per heavy atom. The largest absolute Gasteiger partial charge is 0.432 e. The van der Waals surface area contributed by atoms with Gasteiger partial charge in [0.1, 0.15) is 11.3 Å². The van der Waals surface area contributed by atoms with Gasteiger partial charge in [0.15, 0.2) is 34.8 Å². The number of Topliss-reactive ketones (excluding diaryl/α,β-unsaturated/α-hetero) is 1. The molecule has 0 spiro atoms. The molecule has 2 aromatic carbocycles. The molecule has 3 rings (SSSR count). The lowest BCUT2D eigenvalue weighted by atomic mass is 10.1. The van der Waals surface area contributed by atoms with Crippen molar-refractivity contribution >= 4 is 5.78 Å². The Morgan fingerprint density at radius 1 is 0.880 bits per heavy atom. The highest BCUT2D eigenvalue weighted by Gasteiger charge is 2.31. The van der Waals surface area contributed by atoms with Crippen molar-refractivity contribution in [3.8, 4) is 22.7 Å². The van der Waals surface area contributed by atoms with Crippen LogP contribution in [0.25, 0.3) is 22.7 Å². The maximum atomic E-state index is 13.9. The van der Waals surface area contributed by atoms with Gasteiger partial charge in [-0.3, -0.25) is 4.79 Å². The lowest BCUT2D eigenvalue weighted by molar-refractivity contribution is 0.0988. The van der Waals surface area contributed by atoms with E-state index in [1.807, 2.05) is 0 Å². The van der Waals surface area contributed by atoms with Crippen LogP contribution in [0, 0.1) is 29.1 Å². The van der Waals surface area contributed by atoms with E-state index in [1.54, 1.807) is 30.3 Å². The first-order valence-electron chi connectivity index (χ1n) is 6.92. The van der Waals surface area contributed by atoms with E-state index in [9.17, 15) is 26.7 Å². The number of carbonyl (C=O) groups excluding carboxylic acids is 1. The van der Waals surface area contributed by atoms with Crippen molar-refractivity contribution in [2.75, 3.05) is 0 Å². The van der Waals surface area contributed by atoms with E-state index in [-0.39, 0.29) is 11.5 Å². The van der Waals surface area contributed by atoms with Crippen molar-refractivity contribution in [3.63, 3.8) is 0 Å². The Kier molecular flexibility index (Phi) is 4.12. The fraction of sp³-hybridized carbons (Fsp3) is 0.0588. The van der Waals surface area contributed by atoms with E-state index >= 15 is 0 Å². The molecule has 3 aromatic rings. The van der Waals surface area contributed by atoms with Gasteiger partial charge in [0.25, 0.3) is 0 Å². The summed E-state index contributed by atoms with van der Waals surface area (Å²) in [6.45, 7) is 1.12. The predicted octanol–water partition coefficient (Wildman–Crippen LogP) is 4.91. The minimum Gasteiger partial charge on any atom is -0.432 e. The molecule has 0 aliphatic carbocycles. The van der Waals surface area contributed by atoms with Crippen LogP contribution in [0.2, 0.25) is 0 Å². The van der Waals surface area contributed by atoms with Gasteiger partial charge in [-0.05, 0) is 0 Å². The summed E-state index contributed by atoms with van der Waals surface area (Å²) in [7, 11) is 0. The molecule has 0 fully saturated rings. The number of aromatic nitrogens is 1. The Labute approximate surface area is 137 Å². The molecule has 0 N–H and O–H groups in total. The summed E-state index contributed by atoms with van der Waals surface area (Å²) >= 11 is 0. The number of oxazole rings is 1. The molecule has 0 unspecified atom stereocenters. The number of hydrogen-bond donors (Lipinski definition) is 0. The summed E-state index contributed by atoms with van der Waals surface area (Å²) in [6, 6.07) is 8.01. The Balaban J connectivity index is 2.29. The van der Waals surface area contributed by atoms with Crippen LogP contribution in [0.3, 0.4) is 0 Å². The molecule has 0 radical (unpaired) electrons. The average Bonchev–Trinajstić information content (AvgIpc) is 3.04. The smallest absolute Gasteiger partial charge is 0.233 e. The van der Waals surface area contributed by atoms with E-state index in [4.69, 9.17) is 4.42 Å². The zero-order valence-corrected chi connectivity index (χ0v) is 12.5. The molecular formula is C17H8F5NO2. The molecule has 0 amide bonds. The van der Waals surface area contributed by atoms with Crippen LogP contribution in [0.1, 0.15) is 17.5 Å². The molecule has 1 heterocycles. The molecule has 1 aromatic heterocycles. The molecule has 0 saturated heterocycles.